The van der Waals surface area contributed by atoms with Crippen LogP contribution in [-0.2, 0) is 32.2 Å². The number of carbonyl (C=O) groups is 3. The smallest absolute Gasteiger partial charge is 0.327 e. The fourth-order valence-electron chi connectivity index (χ4n) is 2.43. The van der Waals surface area contributed by atoms with Crippen LogP contribution < -0.4 is 10.6 Å². The minimum Gasteiger partial charge on any atom is -0.468 e. The quantitative estimate of drug-likeness (QED) is 0.445. The van der Waals surface area contributed by atoms with Crippen molar-refractivity contribution in [2.24, 2.45) is 0 Å². The topological polar surface area (TPSA) is 146 Å². The lowest BCUT2D eigenvalue weighted by Crippen LogP contribution is -2.29. The van der Waals surface area contributed by atoms with Gasteiger partial charge in [-0.1, -0.05) is 12.1 Å². The van der Waals surface area contributed by atoms with Crippen LogP contribution in [0.1, 0.15) is 6.92 Å². The molecule has 3 rings (SSSR count). The predicted molar refractivity (Wildman–Crippen MR) is 100 cm³/mol. The summed E-state index contributed by atoms with van der Waals surface area (Å²) in [7, 11) is 1.26. The minimum absolute atomic E-state index is 0.109. The van der Waals surface area contributed by atoms with E-state index < -0.39 is 17.8 Å². The monoisotopic (exact) mass is 398 g/mol. The number of amides is 2. The van der Waals surface area contributed by atoms with Crippen LogP contribution in [-0.4, -0.2) is 54.9 Å². The lowest BCUT2D eigenvalue weighted by molar-refractivity contribution is -0.141. The van der Waals surface area contributed by atoms with Gasteiger partial charge in [-0.2, -0.15) is 5.10 Å². The zero-order valence-electron chi connectivity index (χ0n) is 15.7. The molecule has 0 unspecified atom stereocenters. The fourth-order valence-corrected chi connectivity index (χ4v) is 2.43. The molecule has 0 spiro atoms. The molecule has 0 saturated carbocycles. The van der Waals surface area contributed by atoms with E-state index in [0.717, 1.165) is 0 Å². The normalized spacial score (nSPS) is 10.4. The van der Waals surface area contributed by atoms with E-state index in [9.17, 15) is 14.4 Å². The minimum atomic E-state index is -0.905. The summed E-state index contributed by atoms with van der Waals surface area (Å²) in [4.78, 5) is 35.5. The maximum absolute atomic E-state index is 12.2. The Bertz CT molecular complexity index is 1040. The third kappa shape index (κ3) is 4.80. The number of esters is 1. The lowest BCUT2D eigenvalue weighted by Gasteiger charge is -2.07. The molecule has 0 aliphatic carbocycles. The van der Waals surface area contributed by atoms with E-state index in [-0.39, 0.29) is 12.4 Å². The van der Waals surface area contributed by atoms with E-state index in [4.69, 9.17) is 0 Å². The van der Waals surface area contributed by atoms with Gasteiger partial charge in [-0.05, 0) is 29.5 Å². The first-order valence-electron chi connectivity index (χ1n) is 8.59. The number of hydrogen-bond acceptors (Lipinski definition) is 8. The van der Waals surface area contributed by atoms with Gasteiger partial charge in [0.1, 0.15) is 6.54 Å². The summed E-state index contributed by atoms with van der Waals surface area (Å²) in [6.45, 7) is 2.38. The molecule has 0 aliphatic rings. The molecule has 1 aromatic carbocycles. The Kier molecular flexibility index (Phi) is 5.92. The summed E-state index contributed by atoms with van der Waals surface area (Å²) >= 11 is 0. The van der Waals surface area contributed by atoms with E-state index in [2.05, 4.69) is 36.0 Å². The van der Waals surface area contributed by atoms with Gasteiger partial charge in [0, 0.05) is 30.1 Å². The molecular weight excluding hydrogens is 380 g/mol. The highest BCUT2D eigenvalue weighted by molar-refractivity contribution is 6.43. The number of methoxy groups -OCH3 is 1. The number of aromatic nitrogens is 6. The Morgan fingerprint density at radius 3 is 2.69 bits per heavy atom. The number of benzene rings is 1. The van der Waals surface area contributed by atoms with E-state index in [1.165, 1.54) is 24.1 Å². The number of tetrazole rings is 1. The number of nitrogens with zero attached hydrogens (tertiary/aromatic N) is 6. The number of ether oxygens (including phenoxy) is 1. The summed E-state index contributed by atoms with van der Waals surface area (Å²) < 4.78 is 7.42. The van der Waals surface area contributed by atoms with Gasteiger partial charge in [0.2, 0.25) is 0 Å². The molecule has 12 nitrogen and oxygen atoms in total. The molecule has 0 radical (unpaired) electrons. The Balaban J connectivity index is 1.64. The van der Waals surface area contributed by atoms with Gasteiger partial charge in [0.15, 0.2) is 11.6 Å². The van der Waals surface area contributed by atoms with Gasteiger partial charge >= 0.3 is 17.8 Å². The van der Waals surface area contributed by atoms with Gasteiger partial charge in [-0.3, -0.25) is 19.1 Å². The molecule has 150 valence electrons. The van der Waals surface area contributed by atoms with Gasteiger partial charge in [-0.15, -0.1) is 5.10 Å². The molecule has 0 saturated heterocycles. The van der Waals surface area contributed by atoms with Crippen LogP contribution in [0.25, 0.3) is 11.4 Å². The first kappa shape index (κ1) is 19.7. The van der Waals surface area contributed by atoms with E-state index in [1.54, 1.807) is 28.9 Å². The first-order chi connectivity index (χ1) is 14.0. The predicted octanol–water partition coefficient (Wildman–Crippen LogP) is 0.307. The second-order valence-corrected chi connectivity index (χ2v) is 5.78. The molecular formula is C17H18N8O4. The van der Waals surface area contributed by atoms with Crippen molar-refractivity contribution >= 4 is 29.3 Å². The van der Waals surface area contributed by atoms with Crippen molar-refractivity contribution in [3.8, 4) is 11.4 Å². The van der Waals surface area contributed by atoms with Crippen LogP contribution in [0.15, 0.2) is 36.5 Å². The first-order valence-corrected chi connectivity index (χ1v) is 8.59. The molecule has 0 bridgehead atoms. The van der Waals surface area contributed by atoms with Crippen molar-refractivity contribution in [3.63, 3.8) is 0 Å². The molecule has 2 N–H and O–H groups in total. The Morgan fingerprint density at radius 1 is 1.14 bits per heavy atom. The van der Waals surface area contributed by atoms with Crippen LogP contribution in [0, 0.1) is 0 Å². The average molecular weight is 398 g/mol. The SMILES string of the molecule is CCn1nnnc1-c1cccc(NC(=O)C(=O)Nc2ccn(CC(=O)OC)n2)c1. The van der Waals surface area contributed by atoms with Gasteiger partial charge in [0.05, 0.1) is 7.11 Å². The van der Waals surface area contributed by atoms with Crippen molar-refractivity contribution in [2.45, 2.75) is 20.0 Å². The van der Waals surface area contributed by atoms with Crippen molar-refractivity contribution in [1.82, 2.24) is 30.0 Å². The highest BCUT2D eigenvalue weighted by Crippen LogP contribution is 2.20. The maximum Gasteiger partial charge on any atom is 0.327 e. The largest absolute Gasteiger partial charge is 0.468 e. The zero-order valence-corrected chi connectivity index (χ0v) is 15.7. The van der Waals surface area contributed by atoms with Crippen LogP contribution >= 0.6 is 0 Å². The van der Waals surface area contributed by atoms with E-state index in [1.807, 2.05) is 6.92 Å². The second-order valence-electron chi connectivity index (χ2n) is 5.78. The van der Waals surface area contributed by atoms with Crippen LogP contribution in [0.2, 0.25) is 0 Å². The number of carbonyl (C=O) groups excluding carboxylic acids is 3. The molecule has 12 heteroatoms. The van der Waals surface area contributed by atoms with Gasteiger partial charge in [0.25, 0.3) is 0 Å². The fraction of sp³-hybridized carbons (Fsp3) is 0.235. The molecule has 2 heterocycles. The molecule has 0 aliphatic heterocycles. The highest BCUT2D eigenvalue weighted by atomic mass is 16.5. The van der Waals surface area contributed by atoms with Crippen molar-refractivity contribution in [2.75, 3.05) is 17.7 Å². The summed E-state index contributed by atoms with van der Waals surface area (Å²) in [5.41, 5.74) is 1.10. The molecule has 0 atom stereocenters. The van der Waals surface area contributed by atoms with Gasteiger partial charge < -0.3 is 15.4 Å². The van der Waals surface area contributed by atoms with Crippen LogP contribution in [0.3, 0.4) is 0 Å². The van der Waals surface area contributed by atoms with Crippen molar-refractivity contribution in [3.05, 3.63) is 36.5 Å². The number of anilines is 2. The number of nitrogens with one attached hydrogen (secondary N) is 2. The maximum atomic E-state index is 12.2. The summed E-state index contributed by atoms with van der Waals surface area (Å²) in [6, 6.07) is 8.26. The molecule has 0 fully saturated rings. The summed E-state index contributed by atoms with van der Waals surface area (Å²) in [6.07, 6.45) is 1.48. The number of hydrogen-bond donors (Lipinski definition) is 2. The Morgan fingerprint density at radius 2 is 1.93 bits per heavy atom. The van der Waals surface area contributed by atoms with Gasteiger partial charge in [-0.25, -0.2) is 4.68 Å². The zero-order chi connectivity index (χ0) is 20.8. The van der Waals surface area contributed by atoms with Crippen molar-refractivity contribution < 1.29 is 19.1 Å². The number of rotatable bonds is 6. The number of aryl methyl sites for hydroxylation is 1. The average Bonchev–Trinajstić information content (AvgIpc) is 3.37. The molecule has 2 aromatic heterocycles. The second kappa shape index (κ2) is 8.73. The van der Waals surface area contributed by atoms with Crippen molar-refractivity contribution in [1.29, 1.82) is 0 Å². The van der Waals surface area contributed by atoms with E-state index >= 15 is 0 Å². The lowest BCUT2D eigenvalue weighted by atomic mass is 10.2. The molecule has 29 heavy (non-hydrogen) atoms. The molecule has 3 aromatic rings. The molecule has 2 amide bonds. The summed E-state index contributed by atoms with van der Waals surface area (Å²) in [5, 5.41) is 20.3. The summed E-state index contributed by atoms with van der Waals surface area (Å²) in [5.74, 6) is -1.59. The Hall–Kier alpha value is -4.09. The van der Waals surface area contributed by atoms with Crippen LogP contribution in [0.4, 0.5) is 11.5 Å². The third-order valence-electron chi connectivity index (χ3n) is 3.82. The van der Waals surface area contributed by atoms with E-state index in [0.29, 0.717) is 23.6 Å². The highest BCUT2D eigenvalue weighted by Gasteiger charge is 2.16. The van der Waals surface area contributed by atoms with Crippen LogP contribution in [0.5, 0.6) is 0 Å². The third-order valence-corrected chi connectivity index (χ3v) is 3.82. The Labute approximate surface area is 164 Å². The standard InChI is InChI=1S/C17H18N8O4/c1-3-25-15(20-22-23-25)11-5-4-6-12(9-11)18-16(27)17(28)19-13-7-8-24(21-13)10-14(26)29-2/h4-9H,3,10H2,1-2H3,(H,18,27)(H,19,21,28).